The lowest BCUT2D eigenvalue weighted by Crippen LogP contribution is -2.23. The van der Waals surface area contributed by atoms with Gasteiger partial charge in [-0.25, -0.2) is 4.98 Å². The molecule has 0 unspecified atom stereocenters. The highest BCUT2D eigenvalue weighted by Gasteiger charge is 2.14. The average molecular weight is 379 g/mol. The molecule has 0 radical (unpaired) electrons. The van der Waals surface area contributed by atoms with Gasteiger partial charge in [-0.05, 0) is 29.8 Å². The molecule has 5 nitrogen and oxygen atoms in total. The molecule has 1 amide bonds. The number of carbonyl (C=O) groups excluding carboxylic acids is 1. The Hall–Kier alpha value is -3.99. The van der Waals surface area contributed by atoms with Crippen LogP contribution in [-0.2, 0) is 6.54 Å². The first kappa shape index (κ1) is 17.1. The predicted octanol–water partition coefficient (Wildman–Crippen LogP) is 4.97. The molecule has 0 spiro atoms. The molecule has 5 aromatic rings. The van der Waals surface area contributed by atoms with Crippen molar-refractivity contribution in [1.29, 1.82) is 0 Å². The van der Waals surface area contributed by atoms with Gasteiger partial charge in [-0.2, -0.15) is 0 Å². The van der Waals surface area contributed by atoms with E-state index in [0.29, 0.717) is 23.5 Å². The van der Waals surface area contributed by atoms with Crippen LogP contribution in [0.5, 0.6) is 0 Å². The predicted molar refractivity (Wildman–Crippen MR) is 112 cm³/mol. The summed E-state index contributed by atoms with van der Waals surface area (Å²) in [4.78, 5) is 21.6. The molecule has 0 bridgehead atoms. The summed E-state index contributed by atoms with van der Waals surface area (Å²) in [6, 6.07) is 23.2. The Kier molecular flexibility index (Phi) is 4.26. The highest BCUT2D eigenvalue weighted by Crippen LogP contribution is 2.31. The number of pyridine rings is 2. The lowest BCUT2D eigenvalue weighted by molar-refractivity contribution is 0.0946. The molecular formula is C24H17N3O2. The number of hydrogen-bond acceptors (Lipinski definition) is 4. The minimum absolute atomic E-state index is 0.219. The molecule has 0 atom stereocenters. The summed E-state index contributed by atoms with van der Waals surface area (Å²) in [7, 11) is 0. The van der Waals surface area contributed by atoms with Crippen LogP contribution in [-0.4, -0.2) is 15.9 Å². The van der Waals surface area contributed by atoms with Crippen LogP contribution >= 0.6 is 0 Å². The van der Waals surface area contributed by atoms with Crippen molar-refractivity contribution in [2.24, 2.45) is 0 Å². The van der Waals surface area contributed by atoms with Crippen LogP contribution in [0.25, 0.3) is 33.2 Å². The maximum absolute atomic E-state index is 12.6. The molecule has 0 fully saturated rings. The third-order valence-corrected chi connectivity index (χ3v) is 4.82. The SMILES string of the molecule is O=C(NCc1ccccc1)c1ccc2cncc(-c3cc4ccccc4o3)c2n1. The van der Waals surface area contributed by atoms with E-state index >= 15 is 0 Å². The number of furan rings is 1. The number of hydrogen-bond donors (Lipinski definition) is 1. The van der Waals surface area contributed by atoms with Crippen LogP contribution in [0.1, 0.15) is 16.1 Å². The summed E-state index contributed by atoms with van der Waals surface area (Å²) in [5.41, 5.74) is 3.64. The van der Waals surface area contributed by atoms with E-state index in [9.17, 15) is 4.79 Å². The second-order valence-electron chi connectivity index (χ2n) is 6.77. The largest absolute Gasteiger partial charge is 0.456 e. The lowest BCUT2D eigenvalue weighted by atomic mass is 10.1. The van der Waals surface area contributed by atoms with Crippen molar-refractivity contribution >= 4 is 27.8 Å². The minimum Gasteiger partial charge on any atom is -0.456 e. The fourth-order valence-electron chi connectivity index (χ4n) is 3.33. The standard InChI is InChI=1S/C24H17N3O2/c28-24(26-13-16-6-2-1-3-7-16)20-11-10-18-14-25-15-19(23(18)27-20)22-12-17-8-4-5-9-21(17)29-22/h1-12,14-15H,13H2,(H,26,28). The molecule has 3 aromatic heterocycles. The molecule has 3 heterocycles. The molecule has 0 aliphatic carbocycles. The van der Waals surface area contributed by atoms with E-state index in [-0.39, 0.29) is 5.91 Å². The fraction of sp³-hybridized carbons (Fsp3) is 0.0417. The zero-order valence-electron chi connectivity index (χ0n) is 15.5. The molecule has 0 aliphatic heterocycles. The van der Waals surface area contributed by atoms with Gasteiger partial charge in [0.25, 0.3) is 5.91 Å². The van der Waals surface area contributed by atoms with Gasteiger partial charge in [0.2, 0.25) is 0 Å². The Labute approximate surface area is 167 Å². The van der Waals surface area contributed by atoms with Gasteiger partial charge in [-0.3, -0.25) is 9.78 Å². The second-order valence-corrected chi connectivity index (χ2v) is 6.77. The lowest BCUT2D eigenvalue weighted by Gasteiger charge is -2.07. The molecular weight excluding hydrogens is 362 g/mol. The van der Waals surface area contributed by atoms with Crippen LogP contribution in [0, 0.1) is 0 Å². The number of amides is 1. The van der Waals surface area contributed by atoms with E-state index in [0.717, 1.165) is 27.5 Å². The number of para-hydroxylation sites is 1. The second kappa shape index (κ2) is 7.20. The van der Waals surface area contributed by atoms with Gasteiger partial charge in [0, 0.05) is 29.7 Å². The summed E-state index contributed by atoms with van der Waals surface area (Å²) < 4.78 is 5.99. The van der Waals surface area contributed by atoms with Gasteiger partial charge in [0.1, 0.15) is 17.0 Å². The summed E-state index contributed by atoms with van der Waals surface area (Å²) in [5.74, 6) is 0.460. The maximum atomic E-state index is 12.6. The van der Waals surface area contributed by atoms with Crippen molar-refractivity contribution in [2.45, 2.75) is 6.54 Å². The van der Waals surface area contributed by atoms with Crippen LogP contribution in [0.15, 0.2) is 89.6 Å². The fourth-order valence-corrected chi connectivity index (χ4v) is 3.33. The first-order valence-electron chi connectivity index (χ1n) is 9.34. The normalized spacial score (nSPS) is 11.0. The maximum Gasteiger partial charge on any atom is 0.270 e. The first-order chi connectivity index (χ1) is 14.3. The topological polar surface area (TPSA) is 68.0 Å². The van der Waals surface area contributed by atoms with E-state index in [1.807, 2.05) is 66.7 Å². The molecule has 1 N–H and O–H groups in total. The van der Waals surface area contributed by atoms with Gasteiger partial charge in [0.05, 0.1) is 11.1 Å². The highest BCUT2D eigenvalue weighted by atomic mass is 16.3. The molecule has 5 heteroatoms. The molecule has 5 rings (SSSR count). The molecule has 2 aromatic carbocycles. The molecule has 29 heavy (non-hydrogen) atoms. The average Bonchev–Trinajstić information content (AvgIpc) is 3.21. The number of fused-ring (bicyclic) bond motifs is 2. The zero-order chi connectivity index (χ0) is 19.6. The van der Waals surface area contributed by atoms with Crippen LogP contribution in [0.4, 0.5) is 0 Å². The smallest absolute Gasteiger partial charge is 0.270 e. The van der Waals surface area contributed by atoms with Gasteiger partial charge in [0.15, 0.2) is 0 Å². The van der Waals surface area contributed by atoms with Crippen molar-refractivity contribution in [2.75, 3.05) is 0 Å². The number of benzene rings is 2. The van der Waals surface area contributed by atoms with Gasteiger partial charge < -0.3 is 9.73 Å². The Balaban J connectivity index is 1.50. The van der Waals surface area contributed by atoms with Crippen molar-refractivity contribution < 1.29 is 9.21 Å². The van der Waals surface area contributed by atoms with E-state index in [1.54, 1.807) is 18.5 Å². The number of aromatic nitrogens is 2. The Bertz CT molecular complexity index is 1290. The Morgan fingerprint density at radius 3 is 2.59 bits per heavy atom. The van der Waals surface area contributed by atoms with Gasteiger partial charge >= 0.3 is 0 Å². The highest BCUT2D eigenvalue weighted by molar-refractivity contribution is 5.98. The van der Waals surface area contributed by atoms with Crippen molar-refractivity contribution in [3.8, 4) is 11.3 Å². The third-order valence-electron chi connectivity index (χ3n) is 4.82. The quantitative estimate of drug-likeness (QED) is 0.478. The van der Waals surface area contributed by atoms with E-state index < -0.39 is 0 Å². The number of carbonyl (C=O) groups is 1. The zero-order valence-corrected chi connectivity index (χ0v) is 15.5. The van der Waals surface area contributed by atoms with E-state index in [1.165, 1.54) is 0 Å². The molecule has 0 saturated heterocycles. The van der Waals surface area contributed by atoms with Crippen LogP contribution < -0.4 is 5.32 Å². The molecule has 0 aliphatic rings. The number of nitrogens with zero attached hydrogens (tertiary/aromatic N) is 2. The monoisotopic (exact) mass is 379 g/mol. The van der Waals surface area contributed by atoms with Crippen LogP contribution in [0.3, 0.4) is 0 Å². The van der Waals surface area contributed by atoms with Crippen molar-refractivity contribution in [3.05, 3.63) is 96.4 Å². The molecule has 0 saturated carbocycles. The summed E-state index contributed by atoms with van der Waals surface area (Å²) in [6.07, 6.45) is 3.46. The van der Waals surface area contributed by atoms with E-state index in [2.05, 4.69) is 15.3 Å². The Morgan fingerprint density at radius 2 is 1.72 bits per heavy atom. The molecule has 140 valence electrons. The van der Waals surface area contributed by atoms with Crippen molar-refractivity contribution in [3.63, 3.8) is 0 Å². The summed E-state index contributed by atoms with van der Waals surface area (Å²) in [6.45, 7) is 0.451. The number of rotatable bonds is 4. The first-order valence-corrected chi connectivity index (χ1v) is 9.34. The minimum atomic E-state index is -0.219. The van der Waals surface area contributed by atoms with Crippen LogP contribution in [0.2, 0.25) is 0 Å². The summed E-state index contributed by atoms with van der Waals surface area (Å²) >= 11 is 0. The van der Waals surface area contributed by atoms with Gasteiger partial charge in [-0.15, -0.1) is 0 Å². The number of nitrogens with one attached hydrogen (secondary N) is 1. The Morgan fingerprint density at radius 1 is 0.897 bits per heavy atom. The van der Waals surface area contributed by atoms with Crippen molar-refractivity contribution in [1.82, 2.24) is 15.3 Å². The third kappa shape index (κ3) is 3.34. The summed E-state index contributed by atoms with van der Waals surface area (Å²) in [5, 5.41) is 4.78. The van der Waals surface area contributed by atoms with Gasteiger partial charge in [-0.1, -0.05) is 48.5 Å². The van der Waals surface area contributed by atoms with E-state index in [4.69, 9.17) is 4.42 Å².